The molecule has 2 aromatic heterocycles. The molecule has 0 aliphatic heterocycles. The molecule has 1 amide bonds. The van der Waals surface area contributed by atoms with Crippen molar-refractivity contribution >= 4 is 5.91 Å². The standard InChI is InChI=1S/C18H17N3O4/c1-11-7-14(22)8-16(25-11)18(23)19-9-13-10-20-21-17(13)12-3-5-15(24-2)6-4-12/h3-8,10H,9H2,1-2H3,(H,19,23)(H,20,21). The summed E-state index contributed by atoms with van der Waals surface area (Å²) in [5.41, 5.74) is 2.27. The first kappa shape index (κ1) is 16.5. The van der Waals surface area contributed by atoms with E-state index in [0.29, 0.717) is 5.76 Å². The number of amides is 1. The molecule has 0 unspecified atom stereocenters. The lowest BCUT2D eigenvalue weighted by atomic mass is 10.1. The van der Waals surface area contributed by atoms with Crippen molar-refractivity contribution in [2.24, 2.45) is 0 Å². The lowest BCUT2D eigenvalue weighted by Crippen LogP contribution is -2.24. The molecule has 0 atom stereocenters. The first-order chi connectivity index (χ1) is 12.1. The van der Waals surface area contributed by atoms with Gasteiger partial charge in [-0.15, -0.1) is 0 Å². The number of nitrogens with one attached hydrogen (secondary N) is 2. The summed E-state index contributed by atoms with van der Waals surface area (Å²) in [6, 6.07) is 9.99. The number of rotatable bonds is 5. The largest absolute Gasteiger partial charge is 0.497 e. The zero-order valence-corrected chi connectivity index (χ0v) is 13.8. The van der Waals surface area contributed by atoms with Gasteiger partial charge in [0.05, 0.1) is 19.0 Å². The minimum Gasteiger partial charge on any atom is -0.497 e. The van der Waals surface area contributed by atoms with Gasteiger partial charge < -0.3 is 14.5 Å². The monoisotopic (exact) mass is 339 g/mol. The van der Waals surface area contributed by atoms with Crippen LogP contribution < -0.4 is 15.5 Å². The molecular formula is C18H17N3O4. The number of benzene rings is 1. The Morgan fingerprint density at radius 3 is 2.72 bits per heavy atom. The zero-order chi connectivity index (χ0) is 17.8. The molecule has 7 nitrogen and oxygen atoms in total. The topological polar surface area (TPSA) is 97.2 Å². The van der Waals surface area contributed by atoms with Crippen LogP contribution in [0.4, 0.5) is 0 Å². The molecule has 25 heavy (non-hydrogen) atoms. The number of aryl methyl sites for hydroxylation is 1. The van der Waals surface area contributed by atoms with Gasteiger partial charge in [0.15, 0.2) is 11.2 Å². The number of methoxy groups -OCH3 is 1. The van der Waals surface area contributed by atoms with E-state index in [0.717, 1.165) is 22.6 Å². The molecule has 0 bridgehead atoms. The van der Waals surface area contributed by atoms with Crippen molar-refractivity contribution in [2.75, 3.05) is 7.11 Å². The van der Waals surface area contributed by atoms with Gasteiger partial charge in [-0.05, 0) is 31.2 Å². The number of aromatic amines is 1. The van der Waals surface area contributed by atoms with E-state index >= 15 is 0 Å². The molecule has 3 aromatic rings. The van der Waals surface area contributed by atoms with Crippen molar-refractivity contribution in [3.05, 3.63) is 69.9 Å². The van der Waals surface area contributed by atoms with E-state index in [2.05, 4.69) is 15.5 Å². The van der Waals surface area contributed by atoms with Crippen molar-refractivity contribution in [3.8, 4) is 17.0 Å². The number of hydrogen-bond donors (Lipinski definition) is 2. The first-order valence-corrected chi connectivity index (χ1v) is 7.63. The fourth-order valence-electron chi connectivity index (χ4n) is 2.43. The van der Waals surface area contributed by atoms with Crippen LogP contribution in [0.2, 0.25) is 0 Å². The molecule has 2 N–H and O–H groups in total. The molecule has 3 rings (SSSR count). The molecule has 0 saturated heterocycles. The Kier molecular flexibility index (Phi) is 4.65. The third-order valence-corrected chi connectivity index (χ3v) is 3.65. The van der Waals surface area contributed by atoms with Crippen LogP contribution >= 0.6 is 0 Å². The summed E-state index contributed by atoms with van der Waals surface area (Å²) in [5, 5.41) is 9.70. The SMILES string of the molecule is COc1ccc(-c2[nH]ncc2CNC(=O)c2cc(=O)cc(C)o2)cc1. The van der Waals surface area contributed by atoms with E-state index < -0.39 is 5.91 Å². The minimum absolute atomic E-state index is 0.0144. The highest BCUT2D eigenvalue weighted by Crippen LogP contribution is 2.23. The molecule has 0 fully saturated rings. The van der Waals surface area contributed by atoms with Gasteiger partial charge in [0, 0.05) is 29.8 Å². The maximum atomic E-state index is 12.2. The molecule has 0 radical (unpaired) electrons. The van der Waals surface area contributed by atoms with E-state index in [1.54, 1.807) is 20.2 Å². The maximum Gasteiger partial charge on any atom is 0.287 e. The average molecular weight is 339 g/mol. The van der Waals surface area contributed by atoms with Gasteiger partial charge in [-0.1, -0.05) is 0 Å². The number of ether oxygens (including phenoxy) is 1. The average Bonchev–Trinajstić information content (AvgIpc) is 3.07. The Morgan fingerprint density at radius 1 is 1.28 bits per heavy atom. The van der Waals surface area contributed by atoms with Crippen LogP contribution in [0.25, 0.3) is 11.3 Å². The van der Waals surface area contributed by atoms with Crippen LogP contribution in [0.5, 0.6) is 5.75 Å². The van der Waals surface area contributed by atoms with E-state index in [1.165, 1.54) is 12.1 Å². The van der Waals surface area contributed by atoms with E-state index in [-0.39, 0.29) is 17.7 Å². The second-order valence-corrected chi connectivity index (χ2v) is 5.45. The van der Waals surface area contributed by atoms with Crippen LogP contribution in [-0.2, 0) is 6.54 Å². The number of hydrogen-bond acceptors (Lipinski definition) is 5. The summed E-state index contributed by atoms with van der Waals surface area (Å²) in [6.45, 7) is 1.87. The molecule has 0 saturated carbocycles. The first-order valence-electron chi connectivity index (χ1n) is 7.63. The van der Waals surface area contributed by atoms with Crippen molar-refractivity contribution in [1.29, 1.82) is 0 Å². The Morgan fingerprint density at radius 2 is 2.04 bits per heavy atom. The Bertz CT molecular complexity index is 941. The molecule has 0 aliphatic rings. The van der Waals surface area contributed by atoms with Gasteiger partial charge in [-0.3, -0.25) is 14.7 Å². The van der Waals surface area contributed by atoms with Crippen molar-refractivity contribution < 1.29 is 13.9 Å². The summed E-state index contributed by atoms with van der Waals surface area (Å²) in [7, 11) is 1.61. The van der Waals surface area contributed by atoms with E-state index in [9.17, 15) is 9.59 Å². The van der Waals surface area contributed by atoms with Gasteiger partial charge in [-0.2, -0.15) is 5.10 Å². The number of carbonyl (C=O) groups is 1. The minimum atomic E-state index is -0.456. The van der Waals surface area contributed by atoms with Gasteiger partial charge >= 0.3 is 0 Å². The third-order valence-electron chi connectivity index (χ3n) is 3.65. The highest BCUT2D eigenvalue weighted by molar-refractivity contribution is 5.91. The molecule has 2 heterocycles. The van der Waals surface area contributed by atoms with Crippen molar-refractivity contribution in [1.82, 2.24) is 15.5 Å². The van der Waals surface area contributed by atoms with Crippen molar-refractivity contribution in [2.45, 2.75) is 13.5 Å². The third kappa shape index (κ3) is 3.77. The van der Waals surface area contributed by atoms with Gasteiger partial charge in [0.1, 0.15) is 11.5 Å². The van der Waals surface area contributed by atoms with Crippen LogP contribution in [0, 0.1) is 6.92 Å². The number of H-pyrrole nitrogens is 1. The van der Waals surface area contributed by atoms with Crippen molar-refractivity contribution in [3.63, 3.8) is 0 Å². The second-order valence-electron chi connectivity index (χ2n) is 5.45. The molecule has 1 aromatic carbocycles. The summed E-state index contributed by atoms with van der Waals surface area (Å²) >= 11 is 0. The maximum absolute atomic E-state index is 12.2. The lowest BCUT2D eigenvalue weighted by molar-refractivity contribution is 0.0919. The lowest BCUT2D eigenvalue weighted by Gasteiger charge is -2.07. The zero-order valence-electron chi connectivity index (χ0n) is 13.8. The van der Waals surface area contributed by atoms with Gasteiger partial charge in [-0.25, -0.2) is 0 Å². The number of aromatic nitrogens is 2. The summed E-state index contributed by atoms with van der Waals surface area (Å²) in [6.07, 6.45) is 1.65. The normalized spacial score (nSPS) is 10.5. The smallest absolute Gasteiger partial charge is 0.287 e. The van der Waals surface area contributed by atoms with Gasteiger partial charge in [0.2, 0.25) is 0 Å². The van der Waals surface area contributed by atoms with Crippen LogP contribution in [-0.4, -0.2) is 23.2 Å². The Labute approximate surface area is 143 Å². The molecule has 0 spiro atoms. The predicted molar refractivity (Wildman–Crippen MR) is 91.5 cm³/mol. The quantitative estimate of drug-likeness (QED) is 0.743. The van der Waals surface area contributed by atoms with Gasteiger partial charge in [0.25, 0.3) is 5.91 Å². The van der Waals surface area contributed by atoms with Crippen LogP contribution in [0.15, 0.2) is 51.8 Å². The predicted octanol–water partition coefficient (Wildman–Crippen LogP) is 2.28. The summed E-state index contributed by atoms with van der Waals surface area (Å²) in [4.78, 5) is 23.7. The van der Waals surface area contributed by atoms with E-state index in [4.69, 9.17) is 9.15 Å². The molecule has 7 heteroatoms. The number of carbonyl (C=O) groups excluding carboxylic acids is 1. The summed E-state index contributed by atoms with van der Waals surface area (Å²) < 4.78 is 10.4. The highest BCUT2D eigenvalue weighted by Gasteiger charge is 2.13. The molecule has 128 valence electrons. The van der Waals surface area contributed by atoms with Crippen LogP contribution in [0.3, 0.4) is 0 Å². The summed E-state index contributed by atoms with van der Waals surface area (Å²) in [5.74, 6) is 0.676. The number of nitrogens with zero attached hydrogens (tertiary/aromatic N) is 1. The Balaban J connectivity index is 1.74. The van der Waals surface area contributed by atoms with E-state index in [1.807, 2.05) is 24.3 Å². The fraction of sp³-hybridized carbons (Fsp3) is 0.167. The highest BCUT2D eigenvalue weighted by atomic mass is 16.5. The Hall–Kier alpha value is -3.35. The van der Waals surface area contributed by atoms with Crippen LogP contribution in [0.1, 0.15) is 21.9 Å². The fourth-order valence-corrected chi connectivity index (χ4v) is 2.43. The second kappa shape index (κ2) is 7.04. The molecular weight excluding hydrogens is 322 g/mol. The molecule has 0 aliphatic carbocycles.